The number of likely N-dealkylation sites (N-methyl/N-ethyl adjacent to an activating group) is 1. The van der Waals surface area contributed by atoms with E-state index in [9.17, 15) is 4.79 Å². The summed E-state index contributed by atoms with van der Waals surface area (Å²) in [7, 11) is 0. The molecule has 1 amide bonds. The van der Waals surface area contributed by atoms with Crippen LogP contribution in [-0.2, 0) is 4.79 Å². The Labute approximate surface area is 144 Å². The normalized spacial score (nSPS) is 15.8. The number of rotatable bonds is 9. The van der Waals surface area contributed by atoms with E-state index >= 15 is 0 Å². The van der Waals surface area contributed by atoms with E-state index in [2.05, 4.69) is 18.1 Å². The van der Waals surface area contributed by atoms with Gasteiger partial charge in [0.1, 0.15) is 12.7 Å². The monoisotopic (exact) mass is 330 g/mol. The molecule has 1 aliphatic rings. The highest BCUT2D eigenvalue weighted by molar-refractivity contribution is 5.78. The molecule has 5 heteroatoms. The summed E-state index contributed by atoms with van der Waals surface area (Å²) in [6.07, 6.45) is 3.37. The molecule has 0 saturated carbocycles. The third kappa shape index (κ3) is 4.86. The molecule has 0 bridgehead atoms. The van der Waals surface area contributed by atoms with Gasteiger partial charge in [0.25, 0.3) is 0 Å². The summed E-state index contributed by atoms with van der Waals surface area (Å²) in [5, 5.41) is 0. The second kappa shape index (κ2) is 9.13. The van der Waals surface area contributed by atoms with Crippen LogP contribution in [0, 0.1) is 0 Å². The molecule has 0 spiro atoms. The second-order valence-electron chi connectivity index (χ2n) is 5.70. The van der Waals surface area contributed by atoms with E-state index in [-0.39, 0.29) is 12.0 Å². The lowest BCUT2D eigenvalue weighted by Crippen LogP contribution is -2.46. The first kappa shape index (κ1) is 18.1. The number of benzene rings is 1. The summed E-state index contributed by atoms with van der Waals surface area (Å²) in [6, 6.07) is 7.65. The zero-order valence-corrected chi connectivity index (χ0v) is 14.3. The van der Waals surface area contributed by atoms with Gasteiger partial charge in [0.05, 0.1) is 6.54 Å². The first-order valence-corrected chi connectivity index (χ1v) is 8.28. The van der Waals surface area contributed by atoms with Gasteiger partial charge in [-0.2, -0.15) is 0 Å². The van der Waals surface area contributed by atoms with E-state index in [0.29, 0.717) is 32.8 Å². The van der Waals surface area contributed by atoms with Crippen molar-refractivity contribution in [1.29, 1.82) is 0 Å². The number of ether oxygens (including phenoxy) is 2. The molecule has 0 aliphatic carbocycles. The smallest absolute Gasteiger partial charge is 0.237 e. The van der Waals surface area contributed by atoms with Crippen molar-refractivity contribution >= 4 is 5.91 Å². The lowest BCUT2D eigenvalue weighted by molar-refractivity contribution is -0.131. The van der Waals surface area contributed by atoms with E-state index in [1.807, 2.05) is 31.2 Å². The topological polar surface area (TPSA) is 42.0 Å². The maximum absolute atomic E-state index is 12.4. The van der Waals surface area contributed by atoms with Gasteiger partial charge in [-0.1, -0.05) is 31.2 Å². The van der Waals surface area contributed by atoms with Crippen molar-refractivity contribution < 1.29 is 14.3 Å². The maximum atomic E-state index is 12.4. The Hall–Kier alpha value is -2.27. The number of carbonyl (C=O) groups is 1. The molecular weight excluding hydrogens is 304 g/mol. The number of hydrogen-bond donors (Lipinski definition) is 0. The SMILES string of the molecule is C=CCN(CC=C)C(=O)CN(CC)CC1COc2ccccc2O1. The quantitative estimate of drug-likeness (QED) is 0.652. The maximum Gasteiger partial charge on any atom is 0.237 e. The van der Waals surface area contributed by atoms with Crippen molar-refractivity contribution in [2.24, 2.45) is 0 Å². The van der Waals surface area contributed by atoms with Gasteiger partial charge in [-0.15, -0.1) is 13.2 Å². The summed E-state index contributed by atoms with van der Waals surface area (Å²) in [5.41, 5.74) is 0. The Kier molecular flexibility index (Phi) is 6.88. The number of fused-ring (bicyclic) bond motifs is 1. The molecule has 0 aromatic heterocycles. The van der Waals surface area contributed by atoms with Crippen molar-refractivity contribution in [3.8, 4) is 11.5 Å². The molecule has 1 atom stereocenters. The summed E-state index contributed by atoms with van der Waals surface area (Å²) in [5.74, 6) is 1.60. The summed E-state index contributed by atoms with van der Waals surface area (Å²) >= 11 is 0. The predicted molar refractivity (Wildman–Crippen MR) is 95.4 cm³/mol. The van der Waals surface area contributed by atoms with E-state index in [1.54, 1.807) is 17.1 Å². The molecule has 24 heavy (non-hydrogen) atoms. The third-order valence-electron chi connectivity index (χ3n) is 3.89. The van der Waals surface area contributed by atoms with E-state index < -0.39 is 0 Å². The van der Waals surface area contributed by atoms with E-state index in [1.165, 1.54) is 0 Å². The fourth-order valence-corrected chi connectivity index (χ4v) is 2.63. The van der Waals surface area contributed by atoms with Gasteiger partial charge in [0, 0.05) is 19.6 Å². The molecule has 1 aromatic carbocycles. The first-order chi connectivity index (χ1) is 11.7. The van der Waals surface area contributed by atoms with Crippen molar-refractivity contribution in [2.45, 2.75) is 13.0 Å². The average Bonchev–Trinajstić information content (AvgIpc) is 2.60. The molecule has 0 fully saturated rings. The van der Waals surface area contributed by atoms with Crippen LogP contribution >= 0.6 is 0 Å². The first-order valence-electron chi connectivity index (χ1n) is 8.28. The van der Waals surface area contributed by atoms with Gasteiger partial charge >= 0.3 is 0 Å². The van der Waals surface area contributed by atoms with Gasteiger partial charge in [-0.3, -0.25) is 9.69 Å². The van der Waals surface area contributed by atoms with Crippen LogP contribution in [0.2, 0.25) is 0 Å². The Morgan fingerprint density at radius 3 is 2.54 bits per heavy atom. The molecule has 0 N–H and O–H groups in total. The lowest BCUT2D eigenvalue weighted by Gasteiger charge is -2.31. The molecule has 0 radical (unpaired) electrons. The minimum Gasteiger partial charge on any atom is -0.486 e. The molecule has 1 unspecified atom stereocenters. The summed E-state index contributed by atoms with van der Waals surface area (Å²) in [6.45, 7) is 12.7. The van der Waals surface area contributed by atoms with Crippen LogP contribution in [0.25, 0.3) is 0 Å². The molecular formula is C19H26N2O3. The zero-order chi connectivity index (χ0) is 17.4. The second-order valence-corrected chi connectivity index (χ2v) is 5.70. The number of carbonyl (C=O) groups excluding carboxylic acids is 1. The summed E-state index contributed by atoms with van der Waals surface area (Å²) in [4.78, 5) is 16.3. The van der Waals surface area contributed by atoms with Crippen LogP contribution in [-0.4, -0.2) is 61.1 Å². The molecule has 5 nitrogen and oxygen atoms in total. The minimum atomic E-state index is -0.0834. The largest absolute Gasteiger partial charge is 0.486 e. The number of amides is 1. The molecule has 130 valence electrons. The van der Waals surface area contributed by atoms with E-state index in [0.717, 1.165) is 18.0 Å². The zero-order valence-electron chi connectivity index (χ0n) is 14.3. The molecule has 2 rings (SSSR count). The Morgan fingerprint density at radius 1 is 1.25 bits per heavy atom. The fourth-order valence-electron chi connectivity index (χ4n) is 2.63. The standard InChI is InChI=1S/C19H26N2O3/c1-4-11-21(12-5-2)19(22)14-20(6-3)13-16-15-23-17-9-7-8-10-18(17)24-16/h4-5,7-10,16H,1-2,6,11-15H2,3H3. The Bertz CT molecular complexity index is 563. The van der Waals surface area contributed by atoms with Crippen molar-refractivity contribution in [3.63, 3.8) is 0 Å². The minimum absolute atomic E-state index is 0.0637. The van der Waals surface area contributed by atoms with E-state index in [4.69, 9.17) is 9.47 Å². The molecule has 1 aromatic rings. The summed E-state index contributed by atoms with van der Waals surface area (Å²) < 4.78 is 11.7. The van der Waals surface area contributed by atoms with Gasteiger partial charge in [0.2, 0.25) is 5.91 Å². The highest BCUT2D eigenvalue weighted by Gasteiger charge is 2.24. The van der Waals surface area contributed by atoms with Gasteiger partial charge in [-0.25, -0.2) is 0 Å². The van der Waals surface area contributed by atoms with Crippen molar-refractivity contribution in [3.05, 3.63) is 49.6 Å². The van der Waals surface area contributed by atoms with Crippen LogP contribution < -0.4 is 9.47 Å². The Morgan fingerprint density at radius 2 is 1.92 bits per heavy atom. The van der Waals surface area contributed by atoms with Gasteiger partial charge in [0.15, 0.2) is 11.5 Å². The highest BCUT2D eigenvalue weighted by Crippen LogP contribution is 2.30. The lowest BCUT2D eigenvalue weighted by atomic mass is 10.2. The van der Waals surface area contributed by atoms with Crippen LogP contribution in [0.1, 0.15) is 6.92 Å². The van der Waals surface area contributed by atoms with Gasteiger partial charge < -0.3 is 14.4 Å². The molecule has 0 saturated heterocycles. The predicted octanol–water partition coefficient (Wildman–Crippen LogP) is 2.35. The van der Waals surface area contributed by atoms with Crippen LogP contribution in [0.5, 0.6) is 11.5 Å². The Balaban J connectivity index is 1.91. The highest BCUT2D eigenvalue weighted by atomic mass is 16.6. The number of para-hydroxylation sites is 2. The molecule has 1 aliphatic heterocycles. The number of nitrogens with zero attached hydrogens (tertiary/aromatic N) is 2. The van der Waals surface area contributed by atoms with Crippen molar-refractivity contribution in [1.82, 2.24) is 9.80 Å². The van der Waals surface area contributed by atoms with Crippen molar-refractivity contribution in [2.75, 3.05) is 39.3 Å². The fraction of sp³-hybridized carbons (Fsp3) is 0.421. The molecule has 1 heterocycles. The third-order valence-corrected chi connectivity index (χ3v) is 3.89. The van der Waals surface area contributed by atoms with Gasteiger partial charge in [-0.05, 0) is 18.7 Å². The van der Waals surface area contributed by atoms with Crippen LogP contribution in [0.4, 0.5) is 0 Å². The number of hydrogen-bond acceptors (Lipinski definition) is 4. The van der Waals surface area contributed by atoms with Crippen LogP contribution in [0.3, 0.4) is 0 Å². The average molecular weight is 330 g/mol. The van der Waals surface area contributed by atoms with Crippen LogP contribution in [0.15, 0.2) is 49.6 Å².